The van der Waals surface area contributed by atoms with Crippen molar-refractivity contribution in [3.05, 3.63) is 24.4 Å². The molecule has 1 heterocycles. The number of nitrogens with zero attached hydrogens (tertiary/aromatic N) is 1. The maximum atomic E-state index is 12.4. The minimum atomic E-state index is -0.401. The maximum absolute atomic E-state index is 12.4. The van der Waals surface area contributed by atoms with Gasteiger partial charge < -0.3 is 11.1 Å². The first-order valence-corrected chi connectivity index (χ1v) is 7.09. The van der Waals surface area contributed by atoms with Crippen LogP contribution >= 0.6 is 12.4 Å². The van der Waals surface area contributed by atoms with E-state index in [9.17, 15) is 4.79 Å². The molecule has 0 saturated heterocycles. The maximum Gasteiger partial charge on any atom is 0.229 e. The van der Waals surface area contributed by atoms with Gasteiger partial charge in [-0.15, -0.1) is 12.4 Å². The fraction of sp³-hybridized carbons (Fsp3) is 0.467. The number of fused-ring (bicyclic) bond motifs is 1. The van der Waals surface area contributed by atoms with E-state index in [2.05, 4.69) is 15.5 Å². The van der Waals surface area contributed by atoms with E-state index < -0.39 is 5.54 Å². The Hall–Kier alpha value is -1.59. The van der Waals surface area contributed by atoms with Gasteiger partial charge in [-0.2, -0.15) is 5.10 Å². The number of nitrogens with two attached hydrogens (primary N) is 1. The van der Waals surface area contributed by atoms with Gasteiger partial charge in [0.15, 0.2) is 0 Å². The van der Waals surface area contributed by atoms with Gasteiger partial charge in [0.25, 0.3) is 0 Å². The van der Waals surface area contributed by atoms with Crippen LogP contribution in [0.15, 0.2) is 24.4 Å². The summed E-state index contributed by atoms with van der Waals surface area (Å²) < 4.78 is 0. The molecule has 0 radical (unpaired) electrons. The Bertz CT molecular complexity index is 637. The molecule has 1 fully saturated rings. The Kier molecular flexibility index (Phi) is 4.54. The van der Waals surface area contributed by atoms with E-state index in [-0.39, 0.29) is 24.2 Å². The second-order valence-corrected chi connectivity index (χ2v) is 5.97. The van der Waals surface area contributed by atoms with E-state index in [1.165, 1.54) is 0 Å². The topological polar surface area (TPSA) is 83.8 Å². The van der Waals surface area contributed by atoms with Gasteiger partial charge in [0.1, 0.15) is 0 Å². The molecule has 0 spiro atoms. The lowest BCUT2D eigenvalue weighted by Gasteiger charge is -2.37. The van der Waals surface area contributed by atoms with Gasteiger partial charge in [0, 0.05) is 16.6 Å². The number of hydrogen-bond donors (Lipinski definition) is 3. The summed E-state index contributed by atoms with van der Waals surface area (Å²) in [5.74, 6) is -0.0890. The number of carbonyl (C=O) groups is 1. The van der Waals surface area contributed by atoms with Gasteiger partial charge >= 0.3 is 0 Å². The number of H-pyrrole nitrogens is 1. The van der Waals surface area contributed by atoms with Gasteiger partial charge in [-0.05, 0) is 38.0 Å². The highest BCUT2D eigenvalue weighted by Gasteiger charge is 2.37. The molecule has 114 valence electrons. The molecule has 1 aliphatic rings. The van der Waals surface area contributed by atoms with E-state index in [4.69, 9.17) is 5.73 Å². The standard InChI is InChI=1S/C15H20N4O.ClH/c1-15(16)7-3-2-4-12(15)14(20)18-11-5-6-13-10(8-11)9-17-19-13;/h5-6,8-9,12H,2-4,7,16H2,1H3,(H,17,19)(H,18,20);1H. The monoisotopic (exact) mass is 308 g/mol. The number of aromatic amines is 1. The molecule has 2 unspecified atom stereocenters. The van der Waals surface area contributed by atoms with Gasteiger partial charge in [0.2, 0.25) is 5.91 Å². The first kappa shape index (κ1) is 15.8. The van der Waals surface area contributed by atoms with Crippen molar-refractivity contribution in [1.29, 1.82) is 0 Å². The number of carbonyl (C=O) groups excluding carboxylic acids is 1. The van der Waals surface area contributed by atoms with Crippen molar-refractivity contribution in [3.63, 3.8) is 0 Å². The lowest BCUT2D eigenvalue weighted by molar-refractivity contribution is -0.122. The van der Waals surface area contributed by atoms with Crippen molar-refractivity contribution >= 4 is 34.9 Å². The van der Waals surface area contributed by atoms with Crippen LogP contribution in [0.5, 0.6) is 0 Å². The third-order valence-corrected chi connectivity index (χ3v) is 4.28. The van der Waals surface area contributed by atoms with Crippen LogP contribution in [0.2, 0.25) is 0 Å². The second kappa shape index (κ2) is 6.03. The van der Waals surface area contributed by atoms with E-state index >= 15 is 0 Å². The normalized spacial score (nSPS) is 25.3. The summed E-state index contributed by atoms with van der Waals surface area (Å²) in [6.07, 6.45) is 5.71. The predicted octanol–water partition coefficient (Wildman–Crippen LogP) is 2.83. The van der Waals surface area contributed by atoms with E-state index in [1.807, 2.05) is 25.1 Å². The van der Waals surface area contributed by atoms with Crippen molar-refractivity contribution in [1.82, 2.24) is 10.2 Å². The van der Waals surface area contributed by atoms with E-state index in [1.54, 1.807) is 6.20 Å². The zero-order valence-electron chi connectivity index (χ0n) is 12.1. The predicted molar refractivity (Wildman–Crippen MR) is 86.5 cm³/mol. The van der Waals surface area contributed by atoms with Crippen LogP contribution in [0.1, 0.15) is 32.6 Å². The molecule has 1 aliphatic carbocycles. The SMILES string of the molecule is CC1(N)CCCCC1C(=O)Nc1ccc2[nH]ncc2c1.Cl. The lowest BCUT2D eigenvalue weighted by Crippen LogP contribution is -2.51. The average molecular weight is 309 g/mol. The minimum absolute atomic E-state index is 0. The van der Waals surface area contributed by atoms with Crippen LogP contribution in [-0.4, -0.2) is 21.6 Å². The number of rotatable bonds is 2. The summed E-state index contributed by atoms with van der Waals surface area (Å²) >= 11 is 0. The Morgan fingerprint density at radius 2 is 2.29 bits per heavy atom. The van der Waals surface area contributed by atoms with Crippen LogP contribution in [-0.2, 0) is 4.79 Å². The summed E-state index contributed by atoms with van der Waals surface area (Å²) in [5.41, 5.74) is 7.63. The van der Waals surface area contributed by atoms with E-state index in [0.717, 1.165) is 42.3 Å². The number of aromatic nitrogens is 2. The number of nitrogens with one attached hydrogen (secondary N) is 2. The molecule has 6 heteroatoms. The molecule has 3 rings (SSSR count). The Balaban J connectivity index is 0.00000161. The molecule has 2 atom stereocenters. The highest BCUT2D eigenvalue weighted by molar-refractivity contribution is 5.95. The van der Waals surface area contributed by atoms with Crippen molar-refractivity contribution < 1.29 is 4.79 Å². The van der Waals surface area contributed by atoms with Crippen LogP contribution in [0, 0.1) is 5.92 Å². The summed E-state index contributed by atoms with van der Waals surface area (Å²) in [6.45, 7) is 1.98. The van der Waals surface area contributed by atoms with Crippen LogP contribution in [0.25, 0.3) is 10.9 Å². The Morgan fingerprint density at radius 1 is 1.48 bits per heavy atom. The fourth-order valence-corrected chi connectivity index (χ4v) is 3.04. The molecule has 0 bridgehead atoms. The summed E-state index contributed by atoms with van der Waals surface area (Å²) in [5, 5.41) is 10.8. The first-order valence-electron chi connectivity index (χ1n) is 7.09. The third-order valence-electron chi connectivity index (χ3n) is 4.28. The van der Waals surface area contributed by atoms with Crippen LogP contribution in [0.4, 0.5) is 5.69 Å². The zero-order chi connectivity index (χ0) is 14.2. The molecule has 1 amide bonds. The smallest absolute Gasteiger partial charge is 0.229 e. The quantitative estimate of drug-likeness (QED) is 0.797. The molecule has 1 aromatic carbocycles. The van der Waals surface area contributed by atoms with Crippen molar-refractivity contribution in [3.8, 4) is 0 Å². The molecule has 2 aromatic rings. The molecular weight excluding hydrogens is 288 g/mol. The third kappa shape index (κ3) is 3.19. The number of anilines is 1. The number of halogens is 1. The van der Waals surface area contributed by atoms with Crippen molar-refractivity contribution in [2.75, 3.05) is 5.32 Å². The Morgan fingerprint density at radius 3 is 3.05 bits per heavy atom. The zero-order valence-corrected chi connectivity index (χ0v) is 12.9. The molecule has 5 nitrogen and oxygen atoms in total. The van der Waals surface area contributed by atoms with Gasteiger partial charge in [0.05, 0.1) is 17.6 Å². The number of amides is 1. The van der Waals surface area contributed by atoms with E-state index in [0.29, 0.717) is 0 Å². The molecule has 21 heavy (non-hydrogen) atoms. The first-order chi connectivity index (χ1) is 9.56. The highest BCUT2D eigenvalue weighted by atomic mass is 35.5. The molecule has 4 N–H and O–H groups in total. The molecule has 0 aliphatic heterocycles. The molecule has 1 aromatic heterocycles. The summed E-state index contributed by atoms with van der Waals surface area (Å²) in [4.78, 5) is 12.4. The average Bonchev–Trinajstić information content (AvgIpc) is 2.85. The number of hydrogen-bond acceptors (Lipinski definition) is 3. The van der Waals surface area contributed by atoms with Gasteiger partial charge in [-0.1, -0.05) is 12.8 Å². The largest absolute Gasteiger partial charge is 0.326 e. The summed E-state index contributed by atoms with van der Waals surface area (Å²) in [7, 11) is 0. The van der Waals surface area contributed by atoms with Crippen LogP contribution < -0.4 is 11.1 Å². The molecule has 1 saturated carbocycles. The highest BCUT2D eigenvalue weighted by Crippen LogP contribution is 2.32. The lowest BCUT2D eigenvalue weighted by atomic mass is 9.74. The van der Waals surface area contributed by atoms with Crippen LogP contribution in [0.3, 0.4) is 0 Å². The molecular formula is C15H21ClN4O. The van der Waals surface area contributed by atoms with Gasteiger partial charge in [-0.25, -0.2) is 0 Å². The van der Waals surface area contributed by atoms with Crippen molar-refractivity contribution in [2.24, 2.45) is 11.7 Å². The van der Waals surface area contributed by atoms with Crippen molar-refractivity contribution in [2.45, 2.75) is 38.1 Å². The minimum Gasteiger partial charge on any atom is -0.326 e. The Labute approximate surface area is 130 Å². The van der Waals surface area contributed by atoms with Gasteiger partial charge in [-0.3, -0.25) is 9.89 Å². The fourth-order valence-electron chi connectivity index (χ4n) is 3.04. The second-order valence-electron chi connectivity index (χ2n) is 5.97. The number of benzene rings is 1. The summed E-state index contributed by atoms with van der Waals surface area (Å²) in [6, 6.07) is 5.73.